The van der Waals surface area contributed by atoms with Gasteiger partial charge in [0.2, 0.25) is 5.56 Å². The molecule has 0 radical (unpaired) electrons. The summed E-state index contributed by atoms with van der Waals surface area (Å²) in [5.74, 6) is 0.862. The van der Waals surface area contributed by atoms with Crippen molar-refractivity contribution >= 4 is 15.7 Å². The molecule has 0 amide bonds. The van der Waals surface area contributed by atoms with Gasteiger partial charge in [-0.25, -0.2) is 8.42 Å². The summed E-state index contributed by atoms with van der Waals surface area (Å²) < 4.78 is 37.0. The third kappa shape index (κ3) is 3.34. The maximum Gasteiger partial charge on any atom is 0.263 e. The Morgan fingerprint density at radius 3 is 2.43 bits per heavy atom. The Morgan fingerprint density at radius 2 is 1.86 bits per heavy atom. The molecule has 0 spiro atoms. The van der Waals surface area contributed by atoms with Crippen LogP contribution in [-0.2, 0) is 10.0 Å². The molecule has 2 rings (SSSR count). The summed E-state index contributed by atoms with van der Waals surface area (Å²) in [7, 11) is -0.901. The lowest BCUT2D eigenvalue weighted by atomic mass is 10.3. The predicted molar refractivity (Wildman–Crippen MR) is 77.4 cm³/mol. The van der Waals surface area contributed by atoms with E-state index in [0.29, 0.717) is 11.5 Å². The molecule has 0 saturated heterocycles. The average Bonchev–Trinajstić information content (AvgIpc) is 2.47. The van der Waals surface area contributed by atoms with Gasteiger partial charge in [-0.3, -0.25) is 9.52 Å². The average molecular weight is 310 g/mol. The number of hydrogen-bond donors (Lipinski definition) is 2. The molecule has 112 valence electrons. The smallest absolute Gasteiger partial charge is 0.263 e. The molecule has 0 atom stereocenters. The van der Waals surface area contributed by atoms with Crippen molar-refractivity contribution in [1.82, 2.24) is 4.98 Å². The summed E-state index contributed by atoms with van der Waals surface area (Å²) in [6.45, 7) is 0. The van der Waals surface area contributed by atoms with Gasteiger partial charge in [-0.2, -0.15) is 0 Å². The van der Waals surface area contributed by atoms with E-state index in [1.807, 2.05) is 0 Å². The van der Waals surface area contributed by atoms with Crippen molar-refractivity contribution in [3.05, 3.63) is 46.9 Å². The zero-order chi connectivity index (χ0) is 15.5. The van der Waals surface area contributed by atoms with Crippen LogP contribution in [0.2, 0.25) is 0 Å². The van der Waals surface area contributed by atoms with Crippen LogP contribution >= 0.6 is 0 Å². The van der Waals surface area contributed by atoms with E-state index in [1.54, 1.807) is 12.1 Å². The van der Waals surface area contributed by atoms with E-state index in [-0.39, 0.29) is 16.1 Å². The van der Waals surface area contributed by atoms with Crippen LogP contribution in [0, 0.1) is 0 Å². The maximum atomic E-state index is 12.2. The van der Waals surface area contributed by atoms with Gasteiger partial charge >= 0.3 is 0 Å². The zero-order valence-electron chi connectivity index (χ0n) is 11.4. The van der Waals surface area contributed by atoms with Gasteiger partial charge in [-0.1, -0.05) is 0 Å². The van der Waals surface area contributed by atoms with Crippen LogP contribution in [0.5, 0.6) is 11.5 Å². The number of rotatable bonds is 5. The number of H-pyrrole nitrogens is 1. The lowest BCUT2D eigenvalue weighted by Crippen LogP contribution is -2.15. The molecular formula is C13H14N2O5S. The van der Waals surface area contributed by atoms with Crippen LogP contribution in [0.3, 0.4) is 0 Å². The number of aromatic nitrogens is 1. The standard InChI is InChI=1S/C13H14N2O5S/c1-19-9-3-5-11(12(7-9)20-2)15-21(17,18)10-4-6-13(16)14-8-10/h3-8,15H,1-2H3,(H,14,16). The lowest BCUT2D eigenvalue weighted by Gasteiger charge is -2.12. The minimum atomic E-state index is -3.82. The van der Waals surface area contributed by atoms with Crippen LogP contribution in [0.25, 0.3) is 0 Å². The summed E-state index contributed by atoms with van der Waals surface area (Å²) >= 11 is 0. The van der Waals surface area contributed by atoms with Crippen LogP contribution in [0.15, 0.2) is 46.2 Å². The normalized spacial score (nSPS) is 11.0. The fourth-order valence-electron chi connectivity index (χ4n) is 1.65. The third-order valence-corrected chi connectivity index (χ3v) is 4.08. The van der Waals surface area contributed by atoms with Crippen LogP contribution in [0.1, 0.15) is 0 Å². The van der Waals surface area contributed by atoms with Gasteiger partial charge in [0, 0.05) is 18.3 Å². The van der Waals surface area contributed by atoms with Crippen molar-refractivity contribution in [2.24, 2.45) is 0 Å². The topological polar surface area (TPSA) is 97.5 Å². The van der Waals surface area contributed by atoms with Gasteiger partial charge in [0.25, 0.3) is 10.0 Å². The van der Waals surface area contributed by atoms with Gasteiger partial charge < -0.3 is 14.5 Å². The molecule has 2 aromatic rings. The van der Waals surface area contributed by atoms with Crippen molar-refractivity contribution in [1.29, 1.82) is 0 Å². The maximum absolute atomic E-state index is 12.2. The summed E-state index contributed by atoms with van der Waals surface area (Å²) in [6.07, 6.45) is 1.13. The molecule has 0 unspecified atom stereocenters. The second-order valence-electron chi connectivity index (χ2n) is 4.06. The number of pyridine rings is 1. The van der Waals surface area contributed by atoms with E-state index in [9.17, 15) is 13.2 Å². The molecule has 1 aromatic carbocycles. The second kappa shape index (κ2) is 5.88. The number of aromatic amines is 1. The molecule has 0 aliphatic carbocycles. The summed E-state index contributed by atoms with van der Waals surface area (Å²) in [6, 6.07) is 7.05. The van der Waals surface area contributed by atoms with Gasteiger partial charge in [0.05, 0.1) is 19.9 Å². The largest absolute Gasteiger partial charge is 0.497 e. The van der Waals surface area contributed by atoms with E-state index in [2.05, 4.69) is 9.71 Å². The molecule has 2 N–H and O–H groups in total. The number of ether oxygens (including phenoxy) is 2. The highest BCUT2D eigenvalue weighted by molar-refractivity contribution is 7.92. The lowest BCUT2D eigenvalue weighted by molar-refractivity contribution is 0.395. The van der Waals surface area contributed by atoms with Crippen molar-refractivity contribution < 1.29 is 17.9 Å². The van der Waals surface area contributed by atoms with E-state index in [4.69, 9.17) is 9.47 Å². The first-order chi connectivity index (χ1) is 9.96. The first-order valence-corrected chi connectivity index (χ1v) is 7.38. The number of nitrogens with one attached hydrogen (secondary N) is 2. The number of sulfonamides is 1. The quantitative estimate of drug-likeness (QED) is 0.864. The number of anilines is 1. The summed E-state index contributed by atoms with van der Waals surface area (Å²) in [4.78, 5) is 13.2. The minimum Gasteiger partial charge on any atom is -0.497 e. The first kappa shape index (κ1) is 14.9. The molecule has 7 nitrogen and oxygen atoms in total. The van der Waals surface area contributed by atoms with E-state index < -0.39 is 10.0 Å². The molecule has 0 aliphatic heterocycles. The monoisotopic (exact) mass is 310 g/mol. The molecule has 21 heavy (non-hydrogen) atoms. The van der Waals surface area contributed by atoms with Crippen LogP contribution < -0.4 is 19.8 Å². The van der Waals surface area contributed by atoms with E-state index in [1.165, 1.54) is 26.4 Å². The van der Waals surface area contributed by atoms with Gasteiger partial charge in [-0.15, -0.1) is 0 Å². The van der Waals surface area contributed by atoms with Gasteiger partial charge in [-0.05, 0) is 18.2 Å². The van der Waals surface area contributed by atoms with Crippen molar-refractivity contribution in [2.75, 3.05) is 18.9 Å². The van der Waals surface area contributed by atoms with Crippen molar-refractivity contribution in [3.63, 3.8) is 0 Å². The Hall–Kier alpha value is -2.48. The number of methoxy groups -OCH3 is 2. The molecule has 8 heteroatoms. The SMILES string of the molecule is COc1ccc(NS(=O)(=O)c2ccc(=O)[nH]c2)c(OC)c1. The van der Waals surface area contributed by atoms with E-state index in [0.717, 1.165) is 12.3 Å². The molecular weight excluding hydrogens is 296 g/mol. The highest BCUT2D eigenvalue weighted by atomic mass is 32.2. The summed E-state index contributed by atoms with van der Waals surface area (Å²) in [5.41, 5.74) is -0.111. The Labute approximate surface area is 121 Å². The third-order valence-electron chi connectivity index (χ3n) is 2.72. The predicted octanol–water partition coefficient (Wildman–Crippen LogP) is 1.19. The van der Waals surface area contributed by atoms with Gasteiger partial charge in [0.15, 0.2) is 0 Å². The van der Waals surface area contributed by atoms with Gasteiger partial charge in [0.1, 0.15) is 16.4 Å². The minimum absolute atomic E-state index is 0.0556. The fourth-order valence-corrected chi connectivity index (χ4v) is 2.69. The second-order valence-corrected chi connectivity index (χ2v) is 5.74. The molecule has 0 bridgehead atoms. The Bertz CT molecular complexity index is 778. The van der Waals surface area contributed by atoms with Crippen LogP contribution in [0.4, 0.5) is 5.69 Å². The van der Waals surface area contributed by atoms with Crippen molar-refractivity contribution in [3.8, 4) is 11.5 Å². The molecule has 0 saturated carbocycles. The molecule has 1 aromatic heterocycles. The fraction of sp³-hybridized carbons (Fsp3) is 0.154. The summed E-state index contributed by atoms with van der Waals surface area (Å²) in [5, 5.41) is 0. The number of hydrogen-bond acceptors (Lipinski definition) is 5. The van der Waals surface area contributed by atoms with E-state index >= 15 is 0 Å². The Kier molecular flexibility index (Phi) is 4.18. The first-order valence-electron chi connectivity index (χ1n) is 5.90. The highest BCUT2D eigenvalue weighted by Crippen LogP contribution is 2.30. The van der Waals surface area contributed by atoms with Crippen molar-refractivity contribution in [2.45, 2.75) is 4.90 Å². The molecule has 1 heterocycles. The number of benzene rings is 1. The van der Waals surface area contributed by atoms with Crippen LogP contribution in [-0.4, -0.2) is 27.6 Å². The molecule has 0 aliphatic rings. The molecule has 0 fully saturated rings. The Morgan fingerprint density at radius 1 is 1.10 bits per heavy atom. The highest BCUT2D eigenvalue weighted by Gasteiger charge is 2.17. The zero-order valence-corrected chi connectivity index (χ0v) is 12.2. The Balaban J connectivity index is 2.36.